The van der Waals surface area contributed by atoms with Gasteiger partial charge < -0.3 is 15.1 Å². The Morgan fingerprint density at radius 3 is 1.84 bits per heavy atom. The minimum atomic E-state index is -0.167. The summed E-state index contributed by atoms with van der Waals surface area (Å²) in [5, 5.41) is 19.2. The van der Waals surface area contributed by atoms with Gasteiger partial charge in [0.05, 0.1) is 18.1 Å². The zero-order valence-corrected chi connectivity index (χ0v) is 25.4. The molecule has 0 bridgehead atoms. The predicted molar refractivity (Wildman–Crippen MR) is 176 cm³/mol. The highest BCUT2D eigenvalue weighted by molar-refractivity contribution is 8.01. The van der Waals surface area contributed by atoms with Crippen molar-refractivity contribution in [1.82, 2.24) is 4.90 Å². The van der Waals surface area contributed by atoms with Gasteiger partial charge in [-0.05, 0) is 65.2 Å². The first-order valence-corrected chi connectivity index (χ1v) is 16.5. The highest BCUT2D eigenvalue weighted by atomic mass is 32.2. The molecule has 0 radical (unpaired) electrons. The van der Waals surface area contributed by atoms with Crippen LogP contribution in [0.15, 0.2) is 102 Å². The van der Waals surface area contributed by atoms with Crippen molar-refractivity contribution in [3.8, 4) is 11.5 Å². The highest BCUT2D eigenvalue weighted by Gasteiger charge is 2.35. The second kappa shape index (κ2) is 11.9. The Morgan fingerprint density at radius 2 is 1.25 bits per heavy atom. The van der Waals surface area contributed by atoms with Gasteiger partial charge in [-0.25, -0.2) is 0 Å². The molecule has 7 rings (SSSR count). The van der Waals surface area contributed by atoms with Crippen molar-refractivity contribution in [3.63, 3.8) is 0 Å². The first kappa shape index (κ1) is 28.4. The number of thioether (sulfide) groups is 2. The van der Waals surface area contributed by atoms with E-state index in [1.54, 1.807) is 47.8 Å². The maximum Gasteiger partial charge on any atom is 0.238 e. The topological polar surface area (TPSA) is 96.7 Å². The van der Waals surface area contributed by atoms with Gasteiger partial charge in [0, 0.05) is 30.0 Å². The molecule has 2 saturated heterocycles. The van der Waals surface area contributed by atoms with Crippen LogP contribution in [0.25, 0.3) is 0 Å². The summed E-state index contributed by atoms with van der Waals surface area (Å²) in [6.07, 6.45) is 0. The molecule has 2 amide bonds. The second-order valence-electron chi connectivity index (χ2n) is 10.9. The smallest absolute Gasteiger partial charge is 0.238 e. The summed E-state index contributed by atoms with van der Waals surface area (Å²) < 4.78 is 0. The molecule has 8 nitrogen and oxygen atoms in total. The Morgan fingerprint density at radius 1 is 0.705 bits per heavy atom. The average Bonchev–Trinajstić information content (AvgIpc) is 3.77. The molecule has 4 aromatic rings. The summed E-state index contributed by atoms with van der Waals surface area (Å²) in [4.78, 5) is 36.8. The molecule has 2 fully saturated rings. The fourth-order valence-electron chi connectivity index (χ4n) is 5.91. The minimum Gasteiger partial charge on any atom is -0.508 e. The number of hydrogen-bond acceptors (Lipinski definition) is 8. The van der Waals surface area contributed by atoms with Gasteiger partial charge in [0.2, 0.25) is 11.8 Å². The molecular weight excluding hydrogens is 593 g/mol. The average molecular weight is 623 g/mol. The minimum absolute atomic E-state index is 0.0486. The molecule has 2 atom stereocenters. The number of amides is 2. The van der Waals surface area contributed by atoms with Crippen LogP contribution >= 0.6 is 23.5 Å². The number of rotatable bonds is 7. The standard InChI is InChI=1S/C34H30N4O4S2/c39-28-11-7-23(8-12-28)33-37(30(41)20-43-33)26-5-1-3-22(17-26)19-36-16-15-35-32(36)25-4-2-6-27(18-25)38-31(42)21-44-34(38)24-9-13-29(40)14-10-24/h1-14,17-18,33-34,39-40H,15-16,19-21H2. The molecular formula is C34H30N4O4S2. The Labute approximate surface area is 264 Å². The van der Waals surface area contributed by atoms with E-state index in [1.165, 1.54) is 0 Å². The van der Waals surface area contributed by atoms with Gasteiger partial charge in [-0.2, -0.15) is 0 Å². The summed E-state index contributed by atoms with van der Waals surface area (Å²) >= 11 is 3.16. The molecule has 0 aliphatic carbocycles. The summed E-state index contributed by atoms with van der Waals surface area (Å²) in [6.45, 7) is 2.08. The Balaban J connectivity index is 1.11. The van der Waals surface area contributed by atoms with Crippen molar-refractivity contribution in [1.29, 1.82) is 0 Å². The molecule has 0 saturated carbocycles. The van der Waals surface area contributed by atoms with Crippen molar-refractivity contribution in [2.45, 2.75) is 17.3 Å². The normalized spacial score (nSPS) is 20.1. The van der Waals surface area contributed by atoms with Crippen molar-refractivity contribution >= 4 is 52.5 Å². The zero-order valence-electron chi connectivity index (χ0n) is 23.7. The summed E-state index contributed by atoms with van der Waals surface area (Å²) in [7, 11) is 0. The SMILES string of the molecule is O=C1CSC(c2ccc(O)cc2)N1c1cccc(CN2CCN=C2c2cccc(N3C(=O)CSC3c3ccc(O)cc3)c2)c1. The Hall–Kier alpha value is -4.41. The lowest BCUT2D eigenvalue weighted by atomic mass is 10.1. The van der Waals surface area contributed by atoms with E-state index in [0.29, 0.717) is 24.6 Å². The Kier molecular flexibility index (Phi) is 7.69. The van der Waals surface area contributed by atoms with Crippen LogP contribution in [0.4, 0.5) is 11.4 Å². The first-order valence-electron chi connectivity index (χ1n) is 14.4. The maximum atomic E-state index is 13.0. The number of phenols is 2. The summed E-state index contributed by atoms with van der Waals surface area (Å²) in [5.74, 6) is 2.19. The molecule has 44 heavy (non-hydrogen) atoms. The second-order valence-corrected chi connectivity index (χ2v) is 13.0. The van der Waals surface area contributed by atoms with Gasteiger partial charge in [0.1, 0.15) is 28.1 Å². The molecule has 0 aromatic heterocycles. The van der Waals surface area contributed by atoms with Crippen molar-refractivity contribution < 1.29 is 19.8 Å². The molecule has 0 spiro atoms. The largest absolute Gasteiger partial charge is 0.508 e. The number of carbonyl (C=O) groups excluding carboxylic acids is 2. The van der Waals surface area contributed by atoms with Crippen LogP contribution in [0.1, 0.15) is 33.0 Å². The molecule has 2 N–H and O–H groups in total. The van der Waals surface area contributed by atoms with Gasteiger partial charge in [-0.3, -0.25) is 24.4 Å². The highest BCUT2D eigenvalue weighted by Crippen LogP contribution is 2.43. The number of nitrogens with zero attached hydrogens (tertiary/aromatic N) is 4. The van der Waals surface area contributed by atoms with E-state index in [0.717, 1.165) is 46.0 Å². The number of aliphatic imine (C=N–C) groups is 1. The fourth-order valence-corrected chi connectivity index (χ4v) is 8.26. The third-order valence-electron chi connectivity index (χ3n) is 7.97. The molecule has 3 aliphatic rings. The zero-order chi connectivity index (χ0) is 30.2. The monoisotopic (exact) mass is 622 g/mol. The van der Waals surface area contributed by atoms with Gasteiger partial charge in [-0.1, -0.05) is 48.5 Å². The molecule has 10 heteroatoms. The molecule has 3 heterocycles. The maximum absolute atomic E-state index is 13.0. The lowest BCUT2D eigenvalue weighted by Gasteiger charge is -2.27. The van der Waals surface area contributed by atoms with E-state index >= 15 is 0 Å². The molecule has 4 aromatic carbocycles. The molecule has 222 valence electrons. The van der Waals surface area contributed by atoms with E-state index in [9.17, 15) is 19.8 Å². The van der Waals surface area contributed by atoms with E-state index in [2.05, 4.69) is 17.0 Å². The third-order valence-corrected chi connectivity index (χ3v) is 10.4. The number of anilines is 2. The van der Waals surface area contributed by atoms with Crippen LogP contribution in [0.5, 0.6) is 11.5 Å². The molecule has 3 aliphatic heterocycles. The van der Waals surface area contributed by atoms with Crippen molar-refractivity contribution in [2.24, 2.45) is 4.99 Å². The predicted octanol–water partition coefficient (Wildman–Crippen LogP) is 5.92. The first-order chi connectivity index (χ1) is 21.4. The van der Waals surface area contributed by atoms with E-state index < -0.39 is 0 Å². The van der Waals surface area contributed by atoms with Crippen LogP contribution in [0.3, 0.4) is 0 Å². The van der Waals surface area contributed by atoms with Crippen LogP contribution < -0.4 is 9.80 Å². The number of benzene rings is 4. The fraction of sp³-hybridized carbons (Fsp3) is 0.206. The summed E-state index contributed by atoms with van der Waals surface area (Å²) in [6, 6.07) is 30.2. The Bertz CT molecular complexity index is 1750. The van der Waals surface area contributed by atoms with E-state index in [-0.39, 0.29) is 34.1 Å². The summed E-state index contributed by atoms with van der Waals surface area (Å²) in [5.41, 5.74) is 5.62. The van der Waals surface area contributed by atoms with Crippen LogP contribution in [-0.4, -0.2) is 57.4 Å². The quantitative estimate of drug-likeness (QED) is 0.264. The number of amidine groups is 1. The van der Waals surface area contributed by atoms with Gasteiger partial charge >= 0.3 is 0 Å². The third kappa shape index (κ3) is 5.51. The number of aromatic hydroxyl groups is 2. The van der Waals surface area contributed by atoms with Crippen molar-refractivity contribution in [3.05, 3.63) is 119 Å². The van der Waals surface area contributed by atoms with Crippen molar-refractivity contribution in [2.75, 3.05) is 34.4 Å². The van der Waals surface area contributed by atoms with Crippen LogP contribution in [0, 0.1) is 0 Å². The lowest BCUT2D eigenvalue weighted by molar-refractivity contribution is -0.116. The molecule has 2 unspecified atom stereocenters. The lowest BCUT2D eigenvalue weighted by Crippen LogP contribution is -2.30. The van der Waals surface area contributed by atoms with E-state index in [4.69, 9.17) is 4.99 Å². The van der Waals surface area contributed by atoms with Crippen LogP contribution in [0.2, 0.25) is 0 Å². The van der Waals surface area contributed by atoms with Gasteiger partial charge in [0.15, 0.2) is 0 Å². The van der Waals surface area contributed by atoms with Gasteiger partial charge in [-0.15, -0.1) is 23.5 Å². The van der Waals surface area contributed by atoms with E-state index in [1.807, 2.05) is 70.5 Å². The van der Waals surface area contributed by atoms with Crippen LogP contribution in [-0.2, 0) is 16.1 Å². The number of phenolic OH excluding ortho intramolecular Hbond substituents is 2. The van der Waals surface area contributed by atoms with Gasteiger partial charge in [0.25, 0.3) is 0 Å². The number of carbonyl (C=O) groups is 2. The number of hydrogen-bond donors (Lipinski definition) is 2.